The second kappa shape index (κ2) is 2.50. The van der Waals surface area contributed by atoms with Crippen LogP contribution < -0.4 is 0 Å². The molecule has 8 heavy (non-hydrogen) atoms. The SMILES string of the molecule is O/N=C/C=C1CCC1. The molecule has 0 unspecified atom stereocenters. The molecule has 2 nitrogen and oxygen atoms in total. The Bertz CT molecular complexity index is 120. The van der Waals surface area contributed by atoms with Gasteiger partial charge in [0.05, 0.1) is 6.21 Å². The van der Waals surface area contributed by atoms with Gasteiger partial charge in [-0.2, -0.15) is 0 Å². The van der Waals surface area contributed by atoms with E-state index in [4.69, 9.17) is 5.21 Å². The van der Waals surface area contributed by atoms with E-state index in [1.165, 1.54) is 31.1 Å². The van der Waals surface area contributed by atoms with E-state index in [1.54, 1.807) is 0 Å². The molecule has 1 N–H and O–H groups in total. The lowest BCUT2D eigenvalue weighted by atomic mass is 9.92. The van der Waals surface area contributed by atoms with Crippen LogP contribution >= 0.6 is 0 Å². The number of allylic oxidation sites excluding steroid dienone is 2. The van der Waals surface area contributed by atoms with E-state index >= 15 is 0 Å². The molecule has 0 aromatic heterocycles. The Kier molecular flexibility index (Phi) is 1.67. The molecule has 1 rings (SSSR count). The molecular weight excluding hydrogens is 102 g/mol. The normalized spacial score (nSPS) is 18.8. The molecule has 0 aromatic rings. The minimum absolute atomic E-state index is 1.19. The lowest BCUT2D eigenvalue weighted by Crippen LogP contribution is -1.95. The molecule has 2 heteroatoms. The van der Waals surface area contributed by atoms with Crippen molar-refractivity contribution in [2.24, 2.45) is 5.16 Å². The fraction of sp³-hybridized carbons (Fsp3) is 0.500. The number of hydrogen-bond donors (Lipinski definition) is 1. The summed E-state index contributed by atoms with van der Waals surface area (Å²) < 4.78 is 0. The number of nitrogens with zero attached hydrogens (tertiary/aromatic N) is 1. The van der Waals surface area contributed by atoms with Gasteiger partial charge in [0.25, 0.3) is 0 Å². The minimum atomic E-state index is 1.19. The Labute approximate surface area is 48.5 Å². The van der Waals surface area contributed by atoms with E-state index in [-0.39, 0.29) is 0 Å². The maximum atomic E-state index is 7.96. The van der Waals surface area contributed by atoms with Gasteiger partial charge in [0.2, 0.25) is 0 Å². The molecule has 1 aliphatic rings. The topological polar surface area (TPSA) is 32.6 Å². The summed E-state index contributed by atoms with van der Waals surface area (Å²) in [5.41, 5.74) is 1.39. The smallest absolute Gasteiger partial charge is 0.0661 e. The number of hydrogen-bond acceptors (Lipinski definition) is 2. The first-order chi connectivity index (χ1) is 3.93. The number of rotatable bonds is 1. The van der Waals surface area contributed by atoms with Crippen LogP contribution in [0.25, 0.3) is 0 Å². The monoisotopic (exact) mass is 111 g/mol. The second-order valence-corrected chi connectivity index (χ2v) is 1.94. The first-order valence-electron chi connectivity index (χ1n) is 2.79. The van der Waals surface area contributed by atoms with Crippen LogP contribution in [0.4, 0.5) is 0 Å². The molecule has 0 aromatic carbocycles. The van der Waals surface area contributed by atoms with Crippen LogP contribution in [0, 0.1) is 0 Å². The summed E-state index contributed by atoms with van der Waals surface area (Å²) in [6, 6.07) is 0. The molecule has 0 spiro atoms. The van der Waals surface area contributed by atoms with Gasteiger partial charge in [-0.15, -0.1) is 0 Å². The Balaban J connectivity index is 2.31. The summed E-state index contributed by atoms with van der Waals surface area (Å²) in [4.78, 5) is 0. The summed E-state index contributed by atoms with van der Waals surface area (Å²) in [6.45, 7) is 0. The van der Waals surface area contributed by atoms with E-state index in [0.29, 0.717) is 0 Å². The third-order valence-corrected chi connectivity index (χ3v) is 1.37. The third kappa shape index (κ3) is 1.09. The molecule has 44 valence electrons. The van der Waals surface area contributed by atoms with E-state index in [9.17, 15) is 0 Å². The molecule has 1 aliphatic carbocycles. The first kappa shape index (κ1) is 5.35. The van der Waals surface area contributed by atoms with Crippen molar-refractivity contribution in [3.05, 3.63) is 11.6 Å². The van der Waals surface area contributed by atoms with Crippen LogP contribution in [0.3, 0.4) is 0 Å². The van der Waals surface area contributed by atoms with Crippen LogP contribution in [0.2, 0.25) is 0 Å². The zero-order valence-electron chi connectivity index (χ0n) is 4.67. The lowest BCUT2D eigenvalue weighted by Gasteiger charge is -2.13. The Morgan fingerprint density at radius 2 is 2.25 bits per heavy atom. The van der Waals surface area contributed by atoms with Gasteiger partial charge in [-0.25, -0.2) is 0 Å². The molecular formula is C6H9NO. The van der Waals surface area contributed by atoms with Crippen molar-refractivity contribution in [1.29, 1.82) is 0 Å². The predicted molar refractivity (Wildman–Crippen MR) is 32.2 cm³/mol. The molecule has 0 amide bonds. The van der Waals surface area contributed by atoms with E-state index in [0.717, 1.165) is 0 Å². The van der Waals surface area contributed by atoms with E-state index in [1.807, 2.05) is 6.08 Å². The van der Waals surface area contributed by atoms with Gasteiger partial charge in [-0.1, -0.05) is 10.7 Å². The quantitative estimate of drug-likeness (QED) is 0.311. The van der Waals surface area contributed by atoms with Gasteiger partial charge in [-0.3, -0.25) is 0 Å². The van der Waals surface area contributed by atoms with Gasteiger partial charge < -0.3 is 5.21 Å². The summed E-state index contributed by atoms with van der Waals surface area (Å²) in [7, 11) is 0. The molecule has 0 atom stereocenters. The lowest BCUT2D eigenvalue weighted by molar-refractivity contribution is 0.322. The van der Waals surface area contributed by atoms with E-state index < -0.39 is 0 Å². The van der Waals surface area contributed by atoms with Gasteiger partial charge in [0.1, 0.15) is 0 Å². The van der Waals surface area contributed by atoms with Crippen LogP contribution in [-0.4, -0.2) is 11.4 Å². The van der Waals surface area contributed by atoms with Gasteiger partial charge >= 0.3 is 0 Å². The fourth-order valence-electron chi connectivity index (χ4n) is 0.686. The average Bonchev–Trinajstić information content (AvgIpc) is 1.63. The zero-order valence-corrected chi connectivity index (χ0v) is 4.67. The fourth-order valence-corrected chi connectivity index (χ4v) is 0.686. The van der Waals surface area contributed by atoms with Crippen molar-refractivity contribution in [3.8, 4) is 0 Å². The highest BCUT2D eigenvalue weighted by atomic mass is 16.4. The molecule has 0 bridgehead atoms. The molecule has 0 radical (unpaired) electrons. The van der Waals surface area contributed by atoms with Gasteiger partial charge in [0.15, 0.2) is 0 Å². The Hall–Kier alpha value is -0.790. The maximum Gasteiger partial charge on any atom is 0.0661 e. The molecule has 0 heterocycles. The van der Waals surface area contributed by atoms with Crippen molar-refractivity contribution < 1.29 is 5.21 Å². The third-order valence-electron chi connectivity index (χ3n) is 1.37. The van der Waals surface area contributed by atoms with Crippen molar-refractivity contribution in [2.75, 3.05) is 0 Å². The minimum Gasteiger partial charge on any atom is -0.411 e. The van der Waals surface area contributed by atoms with Crippen LogP contribution in [0.15, 0.2) is 16.8 Å². The molecule has 0 saturated heterocycles. The van der Waals surface area contributed by atoms with Crippen LogP contribution in [0.1, 0.15) is 19.3 Å². The highest BCUT2D eigenvalue weighted by Crippen LogP contribution is 2.23. The van der Waals surface area contributed by atoms with Crippen LogP contribution in [-0.2, 0) is 0 Å². The number of oxime groups is 1. The second-order valence-electron chi connectivity index (χ2n) is 1.94. The summed E-state index contributed by atoms with van der Waals surface area (Å²) in [6.07, 6.45) is 6.96. The summed E-state index contributed by atoms with van der Waals surface area (Å²) in [5, 5.41) is 10.8. The van der Waals surface area contributed by atoms with Crippen molar-refractivity contribution in [2.45, 2.75) is 19.3 Å². The van der Waals surface area contributed by atoms with Crippen molar-refractivity contribution in [1.82, 2.24) is 0 Å². The molecule has 1 fully saturated rings. The summed E-state index contributed by atoms with van der Waals surface area (Å²) >= 11 is 0. The molecule has 0 aliphatic heterocycles. The standard InChI is InChI=1S/C6H9NO/c8-7-5-4-6-2-1-3-6/h4-5,8H,1-3H2/b7-5+. The Morgan fingerprint density at radius 3 is 2.62 bits per heavy atom. The van der Waals surface area contributed by atoms with Gasteiger partial charge in [-0.05, 0) is 25.3 Å². The first-order valence-corrected chi connectivity index (χ1v) is 2.79. The predicted octanol–water partition coefficient (Wildman–Crippen LogP) is 1.56. The van der Waals surface area contributed by atoms with Crippen molar-refractivity contribution >= 4 is 6.21 Å². The zero-order chi connectivity index (χ0) is 5.82. The largest absolute Gasteiger partial charge is 0.411 e. The Morgan fingerprint density at radius 1 is 1.50 bits per heavy atom. The summed E-state index contributed by atoms with van der Waals surface area (Å²) in [5.74, 6) is 0. The highest BCUT2D eigenvalue weighted by Gasteiger charge is 2.05. The average molecular weight is 111 g/mol. The van der Waals surface area contributed by atoms with Crippen LogP contribution in [0.5, 0.6) is 0 Å². The van der Waals surface area contributed by atoms with Crippen molar-refractivity contribution in [3.63, 3.8) is 0 Å². The van der Waals surface area contributed by atoms with Gasteiger partial charge in [0, 0.05) is 0 Å². The van der Waals surface area contributed by atoms with E-state index in [2.05, 4.69) is 5.16 Å². The highest BCUT2D eigenvalue weighted by molar-refractivity contribution is 5.71. The molecule has 1 saturated carbocycles. The maximum absolute atomic E-state index is 7.96.